The third-order valence-electron chi connectivity index (χ3n) is 3.08. The summed E-state index contributed by atoms with van der Waals surface area (Å²) < 4.78 is 0. The molecule has 1 rings (SSSR count). The van der Waals surface area contributed by atoms with E-state index in [1.165, 1.54) is 5.56 Å². The fourth-order valence-corrected chi connectivity index (χ4v) is 1.85. The minimum atomic E-state index is 0.0660. The van der Waals surface area contributed by atoms with Gasteiger partial charge in [0.15, 0.2) is 0 Å². The van der Waals surface area contributed by atoms with Gasteiger partial charge in [-0.05, 0) is 37.6 Å². The highest BCUT2D eigenvalue weighted by molar-refractivity contribution is 5.49. The molecule has 3 nitrogen and oxygen atoms in total. The fraction of sp³-hybridized carbons (Fsp3) is 0.500. The summed E-state index contributed by atoms with van der Waals surface area (Å²) in [4.78, 5) is 2.27. The maximum atomic E-state index is 8.85. The monoisotopic (exact) mass is 231 g/mol. The maximum Gasteiger partial charge on any atom is 0.0666 e. The molecule has 0 spiro atoms. The van der Waals surface area contributed by atoms with Gasteiger partial charge < -0.3 is 5.73 Å². The van der Waals surface area contributed by atoms with Crippen molar-refractivity contribution in [2.24, 2.45) is 5.92 Å². The summed E-state index contributed by atoms with van der Waals surface area (Å²) in [6, 6.07) is 8.29. The van der Waals surface area contributed by atoms with Crippen molar-refractivity contribution in [1.29, 1.82) is 5.26 Å². The van der Waals surface area contributed by atoms with Crippen molar-refractivity contribution in [2.45, 2.75) is 27.3 Å². The first-order valence-electron chi connectivity index (χ1n) is 6.04. The molecule has 0 heterocycles. The number of nitrogens with two attached hydrogens (primary N) is 1. The SMILES string of the molecule is CCN(Cc1cccc(N)c1C)CC(C)C#N. The summed E-state index contributed by atoms with van der Waals surface area (Å²) in [5.74, 6) is 0.0660. The van der Waals surface area contributed by atoms with E-state index >= 15 is 0 Å². The minimum Gasteiger partial charge on any atom is -0.399 e. The number of nitriles is 1. The van der Waals surface area contributed by atoms with E-state index in [2.05, 4.69) is 24.0 Å². The molecule has 0 saturated heterocycles. The van der Waals surface area contributed by atoms with Crippen LogP contribution in [-0.2, 0) is 6.54 Å². The van der Waals surface area contributed by atoms with Crippen molar-refractivity contribution in [3.05, 3.63) is 29.3 Å². The smallest absolute Gasteiger partial charge is 0.0666 e. The summed E-state index contributed by atoms with van der Waals surface area (Å²) in [5, 5.41) is 8.85. The van der Waals surface area contributed by atoms with Crippen LogP contribution in [0.25, 0.3) is 0 Å². The van der Waals surface area contributed by atoms with Gasteiger partial charge in [0.1, 0.15) is 0 Å². The van der Waals surface area contributed by atoms with Crippen LogP contribution in [0.5, 0.6) is 0 Å². The summed E-state index contributed by atoms with van der Waals surface area (Å²) >= 11 is 0. The Kier molecular flexibility index (Phi) is 4.99. The first-order valence-corrected chi connectivity index (χ1v) is 6.04. The van der Waals surface area contributed by atoms with Crippen LogP contribution in [0.15, 0.2) is 18.2 Å². The van der Waals surface area contributed by atoms with Crippen molar-refractivity contribution in [1.82, 2.24) is 4.90 Å². The first-order chi connectivity index (χ1) is 8.08. The lowest BCUT2D eigenvalue weighted by atomic mass is 10.1. The zero-order valence-corrected chi connectivity index (χ0v) is 10.9. The largest absolute Gasteiger partial charge is 0.399 e. The number of rotatable bonds is 5. The molecule has 0 fully saturated rings. The minimum absolute atomic E-state index is 0.0660. The van der Waals surface area contributed by atoms with Crippen LogP contribution >= 0.6 is 0 Å². The molecule has 1 atom stereocenters. The van der Waals surface area contributed by atoms with E-state index in [4.69, 9.17) is 11.0 Å². The van der Waals surface area contributed by atoms with Crippen molar-refractivity contribution in [3.8, 4) is 6.07 Å². The van der Waals surface area contributed by atoms with Crippen LogP contribution in [-0.4, -0.2) is 18.0 Å². The topological polar surface area (TPSA) is 53.0 Å². The molecule has 3 heteroatoms. The quantitative estimate of drug-likeness (QED) is 0.792. The molecule has 1 aromatic rings. The van der Waals surface area contributed by atoms with E-state index in [0.29, 0.717) is 0 Å². The van der Waals surface area contributed by atoms with Crippen LogP contribution in [0.2, 0.25) is 0 Å². The predicted molar refractivity (Wildman–Crippen MR) is 71.3 cm³/mol. The summed E-state index contributed by atoms with van der Waals surface area (Å²) in [6.07, 6.45) is 0. The molecule has 0 aromatic heterocycles. The van der Waals surface area contributed by atoms with E-state index < -0.39 is 0 Å². The number of benzene rings is 1. The number of anilines is 1. The van der Waals surface area contributed by atoms with Crippen molar-refractivity contribution in [3.63, 3.8) is 0 Å². The zero-order valence-electron chi connectivity index (χ0n) is 10.9. The average Bonchev–Trinajstić information content (AvgIpc) is 2.33. The molecule has 17 heavy (non-hydrogen) atoms. The van der Waals surface area contributed by atoms with Crippen molar-refractivity contribution in [2.75, 3.05) is 18.8 Å². The predicted octanol–water partition coefficient (Wildman–Crippen LogP) is 2.56. The summed E-state index contributed by atoms with van der Waals surface area (Å²) in [5.41, 5.74) is 9.13. The molecule has 1 aromatic carbocycles. The van der Waals surface area contributed by atoms with Crippen molar-refractivity contribution < 1.29 is 0 Å². The Balaban J connectivity index is 2.74. The molecule has 2 N–H and O–H groups in total. The highest BCUT2D eigenvalue weighted by Gasteiger charge is 2.10. The second kappa shape index (κ2) is 6.27. The van der Waals surface area contributed by atoms with Gasteiger partial charge in [-0.25, -0.2) is 0 Å². The van der Waals surface area contributed by atoms with Crippen LogP contribution in [0.1, 0.15) is 25.0 Å². The van der Waals surface area contributed by atoms with E-state index in [1.54, 1.807) is 0 Å². The maximum absolute atomic E-state index is 8.85. The highest BCUT2D eigenvalue weighted by atomic mass is 15.1. The Labute approximate surface area is 104 Å². The standard InChI is InChI=1S/C14H21N3/c1-4-17(9-11(2)8-15)10-13-6-5-7-14(16)12(13)3/h5-7,11H,4,9-10,16H2,1-3H3. The lowest BCUT2D eigenvalue weighted by molar-refractivity contribution is 0.260. The van der Waals surface area contributed by atoms with Gasteiger partial charge in [-0.1, -0.05) is 19.1 Å². The van der Waals surface area contributed by atoms with E-state index in [0.717, 1.165) is 30.9 Å². The molecule has 0 aliphatic heterocycles. The second-order valence-electron chi connectivity index (χ2n) is 4.49. The number of hydrogen-bond donors (Lipinski definition) is 1. The lowest BCUT2D eigenvalue weighted by Gasteiger charge is -2.22. The molecule has 0 saturated carbocycles. The van der Waals surface area contributed by atoms with Gasteiger partial charge in [-0.15, -0.1) is 0 Å². The molecule has 1 unspecified atom stereocenters. The third-order valence-corrected chi connectivity index (χ3v) is 3.08. The molecule has 0 aliphatic carbocycles. The van der Waals surface area contributed by atoms with Gasteiger partial charge in [0, 0.05) is 18.8 Å². The molecule has 0 aliphatic rings. The Morgan fingerprint density at radius 3 is 2.76 bits per heavy atom. The fourth-order valence-electron chi connectivity index (χ4n) is 1.85. The molecular weight excluding hydrogens is 210 g/mol. The van der Waals surface area contributed by atoms with Crippen LogP contribution in [0, 0.1) is 24.2 Å². The zero-order chi connectivity index (χ0) is 12.8. The Bertz CT molecular complexity index is 406. The van der Waals surface area contributed by atoms with Gasteiger partial charge >= 0.3 is 0 Å². The number of nitrogen functional groups attached to an aromatic ring is 1. The molecule has 0 bridgehead atoms. The first kappa shape index (κ1) is 13.5. The van der Waals surface area contributed by atoms with E-state index in [1.807, 2.05) is 26.0 Å². The summed E-state index contributed by atoms with van der Waals surface area (Å²) in [7, 11) is 0. The lowest BCUT2D eigenvalue weighted by Crippen LogP contribution is -2.28. The third kappa shape index (κ3) is 3.76. The molecule has 0 amide bonds. The second-order valence-corrected chi connectivity index (χ2v) is 4.49. The van der Waals surface area contributed by atoms with E-state index in [9.17, 15) is 0 Å². The van der Waals surface area contributed by atoms with Crippen molar-refractivity contribution >= 4 is 5.69 Å². The Hall–Kier alpha value is -1.53. The normalized spacial score (nSPS) is 12.4. The molecule has 92 valence electrons. The van der Waals surface area contributed by atoms with Gasteiger partial charge in [-0.3, -0.25) is 4.90 Å². The van der Waals surface area contributed by atoms with Gasteiger partial charge in [0.2, 0.25) is 0 Å². The van der Waals surface area contributed by atoms with Gasteiger partial charge in [-0.2, -0.15) is 5.26 Å². The van der Waals surface area contributed by atoms with Crippen LogP contribution in [0.3, 0.4) is 0 Å². The van der Waals surface area contributed by atoms with Gasteiger partial charge in [0.25, 0.3) is 0 Å². The Morgan fingerprint density at radius 1 is 1.47 bits per heavy atom. The molecule has 0 radical (unpaired) electrons. The van der Waals surface area contributed by atoms with Crippen LogP contribution in [0.4, 0.5) is 5.69 Å². The number of nitrogens with zero attached hydrogens (tertiary/aromatic N) is 2. The van der Waals surface area contributed by atoms with E-state index in [-0.39, 0.29) is 5.92 Å². The molecular formula is C14H21N3. The Morgan fingerprint density at radius 2 is 2.18 bits per heavy atom. The average molecular weight is 231 g/mol. The number of hydrogen-bond acceptors (Lipinski definition) is 3. The highest BCUT2D eigenvalue weighted by Crippen LogP contribution is 2.17. The van der Waals surface area contributed by atoms with Gasteiger partial charge in [0.05, 0.1) is 12.0 Å². The summed E-state index contributed by atoms with van der Waals surface area (Å²) in [6.45, 7) is 8.73. The van der Waals surface area contributed by atoms with Crippen LogP contribution < -0.4 is 5.73 Å².